The number of halogens is 1. The molecule has 1 aromatic carbocycles. The normalized spacial score (nSPS) is 11.9. The van der Waals surface area contributed by atoms with Crippen molar-refractivity contribution in [1.29, 1.82) is 0 Å². The summed E-state index contributed by atoms with van der Waals surface area (Å²) < 4.78 is 18.6. The number of nitrogens with zero attached hydrogens (tertiary/aromatic N) is 1. The third-order valence-electron chi connectivity index (χ3n) is 2.67. The van der Waals surface area contributed by atoms with Crippen LogP contribution in [0.1, 0.15) is 18.5 Å². The number of methoxy groups -OCH3 is 1. The minimum Gasteiger partial charge on any atom is -0.481 e. The average Bonchev–Trinajstić information content (AvgIpc) is 2.39. The van der Waals surface area contributed by atoms with E-state index in [-0.39, 0.29) is 11.9 Å². The van der Waals surface area contributed by atoms with E-state index >= 15 is 0 Å². The van der Waals surface area contributed by atoms with Crippen LogP contribution in [0.25, 0.3) is 0 Å². The highest BCUT2D eigenvalue weighted by Crippen LogP contribution is 2.21. The molecule has 1 aromatic heterocycles. The van der Waals surface area contributed by atoms with Gasteiger partial charge in [0.05, 0.1) is 13.2 Å². The fraction of sp³-hybridized carbons (Fsp3) is 0.214. The van der Waals surface area contributed by atoms with Crippen molar-refractivity contribution in [2.24, 2.45) is 0 Å². The van der Waals surface area contributed by atoms with Crippen LogP contribution in [0.5, 0.6) is 5.88 Å². The van der Waals surface area contributed by atoms with Crippen molar-refractivity contribution in [3.05, 3.63) is 53.8 Å². The fourth-order valence-electron chi connectivity index (χ4n) is 1.73. The average molecular weight is 246 g/mol. The molecule has 94 valence electrons. The maximum atomic E-state index is 13.6. The Morgan fingerprint density at radius 3 is 2.67 bits per heavy atom. The monoisotopic (exact) mass is 246 g/mol. The van der Waals surface area contributed by atoms with Gasteiger partial charge >= 0.3 is 0 Å². The lowest BCUT2D eigenvalue weighted by Crippen LogP contribution is -2.09. The zero-order valence-corrected chi connectivity index (χ0v) is 10.4. The number of hydrogen-bond donors (Lipinski definition) is 1. The lowest BCUT2D eigenvalue weighted by atomic mass is 10.1. The molecule has 1 heterocycles. The summed E-state index contributed by atoms with van der Waals surface area (Å²) in [5.41, 5.74) is 0.613. The van der Waals surface area contributed by atoms with E-state index in [9.17, 15) is 4.39 Å². The number of ether oxygens (including phenoxy) is 1. The van der Waals surface area contributed by atoms with E-state index in [1.54, 1.807) is 25.3 Å². The molecule has 0 radical (unpaired) electrons. The summed E-state index contributed by atoms with van der Waals surface area (Å²) in [6, 6.07) is 12.0. The molecule has 0 bridgehead atoms. The Balaban J connectivity index is 2.16. The predicted molar refractivity (Wildman–Crippen MR) is 69.2 cm³/mol. The van der Waals surface area contributed by atoms with Crippen LogP contribution in [-0.2, 0) is 0 Å². The molecule has 1 unspecified atom stereocenters. The number of nitrogens with one attached hydrogen (secondary N) is 1. The van der Waals surface area contributed by atoms with E-state index in [4.69, 9.17) is 4.74 Å². The topological polar surface area (TPSA) is 34.1 Å². The lowest BCUT2D eigenvalue weighted by molar-refractivity contribution is 0.398. The number of rotatable bonds is 4. The van der Waals surface area contributed by atoms with Crippen molar-refractivity contribution in [3.8, 4) is 5.88 Å². The van der Waals surface area contributed by atoms with Crippen LogP contribution < -0.4 is 10.1 Å². The number of pyridine rings is 1. The molecule has 0 spiro atoms. The zero-order chi connectivity index (χ0) is 13.0. The lowest BCUT2D eigenvalue weighted by Gasteiger charge is -2.15. The third-order valence-corrected chi connectivity index (χ3v) is 2.67. The molecular formula is C14H15FN2O. The Morgan fingerprint density at radius 1 is 1.17 bits per heavy atom. The smallest absolute Gasteiger partial charge is 0.214 e. The quantitative estimate of drug-likeness (QED) is 0.897. The maximum absolute atomic E-state index is 13.6. The van der Waals surface area contributed by atoms with E-state index in [1.807, 2.05) is 25.1 Å². The van der Waals surface area contributed by atoms with Crippen LogP contribution in [-0.4, -0.2) is 12.1 Å². The van der Waals surface area contributed by atoms with Gasteiger partial charge in [-0.2, -0.15) is 4.98 Å². The zero-order valence-electron chi connectivity index (χ0n) is 10.4. The minimum atomic E-state index is -0.222. The van der Waals surface area contributed by atoms with Gasteiger partial charge in [0.1, 0.15) is 11.6 Å². The Bertz CT molecular complexity index is 531. The molecular weight excluding hydrogens is 231 g/mol. The SMILES string of the molecule is COc1cccc(NC(C)c2ccccc2F)n1. The summed E-state index contributed by atoms with van der Waals surface area (Å²) in [6.07, 6.45) is 0. The second kappa shape index (κ2) is 5.49. The molecule has 0 aliphatic carbocycles. The van der Waals surface area contributed by atoms with Gasteiger partial charge in [-0.15, -0.1) is 0 Å². The molecule has 0 aliphatic heterocycles. The maximum Gasteiger partial charge on any atom is 0.214 e. The van der Waals surface area contributed by atoms with Crippen LogP contribution >= 0.6 is 0 Å². The predicted octanol–water partition coefficient (Wildman–Crippen LogP) is 3.40. The van der Waals surface area contributed by atoms with Gasteiger partial charge in [-0.3, -0.25) is 0 Å². The highest BCUT2D eigenvalue weighted by atomic mass is 19.1. The van der Waals surface area contributed by atoms with Crippen molar-refractivity contribution in [3.63, 3.8) is 0 Å². The molecule has 2 aromatic rings. The summed E-state index contributed by atoms with van der Waals surface area (Å²) in [5, 5.41) is 3.14. The van der Waals surface area contributed by atoms with Crippen molar-refractivity contribution in [1.82, 2.24) is 4.98 Å². The molecule has 0 saturated heterocycles. The highest BCUT2D eigenvalue weighted by molar-refractivity contribution is 5.40. The second-order valence-electron chi connectivity index (χ2n) is 3.95. The van der Waals surface area contributed by atoms with Crippen molar-refractivity contribution in [2.45, 2.75) is 13.0 Å². The Morgan fingerprint density at radius 2 is 1.94 bits per heavy atom. The summed E-state index contributed by atoms with van der Waals surface area (Å²) in [6.45, 7) is 1.89. The van der Waals surface area contributed by atoms with Crippen molar-refractivity contribution < 1.29 is 9.13 Å². The number of anilines is 1. The molecule has 1 N–H and O–H groups in total. The van der Waals surface area contributed by atoms with Gasteiger partial charge in [-0.1, -0.05) is 24.3 Å². The van der Waals surface area contributed by atoms with E-state index < -0.39 is 0 Å². The van der Waals surface area contributed by atoms with Crippen LogP contribution in [0, 0.1) is 5.82 Å². The van der Waals surface area contributed by atoms with E-state index in [1.165, 1.54) is 6.07 Å². The van der Waals surface area contributed by atoms with Gasteiger partial charge in [-0.05, 0) is 19.1 Å². The molecule has 3 nitrogen and oxygen atoms in total. The first kappa shape index (κ1) is 12.4. The van der Waals surface area contributed by atoms with Gasteiger partial charge in [0, 0.05) is 11.6 Å². The Labute approximate surface area is 106 Å². The van der Waals surface area contributed by atoms with Crippen LogP contribution in [0.3, 0.4) is 0 Å². The Hall–Kier alpha value is -2.10. The molecule has 0 aliphatic rings. The van der Waals surface area contributed by atoms with Gasteiger partial charge in [0.25, 0.3) is 0 Å². The third kappa shape index (κ3) is 2.77. The first-order valence-electron chi connectivity index (χ1n) is 5.72. The van der Waals surface area contributed by atoms with Crippen molar-refractivity contribution in [2.75, 3.05) is 12.4 Å². The first-order chi connectivity index (χ1) is 8.70. The molecule has 18 heavy (non-hydrogen) atoms. The molecule has 0 fully saturated rings. The van der Waals surface area contributed by atoms with Crippen LogP contribution in [0.4, 0.5) is 10.2 Å². The largest absolute Gasteiger partial charge is 0.481 e. The van der Waals surface area contributed by atoms with Gasteiger partial charge in [0.15, 0.2) is 0 Å². The van der Waals surface area contributed by atoms with E-state index in [0.717, 1.165) is 0 Å². The van der Waals surface area contributed by atoms with Crippen molar-refractivity contribution >= 4 is 5.82 Å². The highest BCUT2D eigenvalue weighted by Gasteiger charge is 2.10. The van der Waals surface area contributed by atoms with Gasteiger partial charge < -0.3 is 10.1 Å². The first-order valence-corrected chi connectivity index (χ1v) is 5.72. The minimum absolute atomic E-state index is 0.161. The molecule has 4 heteroatoms. The molecule has 2 rings (SSSR count). The van der Waals surface area contributed by atoms with Crippen LogP contribution in [0.2, 0.25) is 0 Å². The van der Waals surface area contributed by atoms with Gasteiger partial charge in [-0.25, -0.2) is 4.39 Å². The summed E-state index contributed by atoms with van der Waals surface area (Å²) in [5.74, 6) is 0.964. The van der Waals surface area contributed by atoms with Crippen LogP contribution in [0.15, 0.2) is 42.5 Å². The standard InChI is InChI=1S/C14H15FN2O/c1-10(11-6-3-4-7-12(11)15)16-13-8-5-9-14(17-13)18-2/h3-10H,1-2H3,(H,16,17). The summed E-state index contributed by atoms with van der Waals surface area (Å²) in [7, 11) is 1.56. The molecule has 1 atom stereocenters. The fourth-order valence-corrected chi connectivity index (χ4v) is 1.73. The van der Waals surface area contributed by atoms with Gasteiger partial charge in [0.2, 0.25) is 5.88 Å². The number of aromatic nitrogens is 1. The summed E-state index contributed by atoms with van der Waals surface area (Å²) >= 11 is 0. The molecule has 0 amide bonds. The van der Waals surface area contributed by atoms with E-state index in [2.05, 4.69) is 10.3 Å². The summed E-state index contributed by atoms with van der Waals surface area (Å²) in [4.78, 5) is 4.23. The molecule has 0 saturated carbocycles. The number of benzene rings is 1. The second-order valence-corrected chi connectivity index (χ2v) is 3.95. The van der Waals surface area contributed by atoms with E-state index in [0.29, 0.717) is 17.3 Å². The number of hydrogen-bond acceptors (Lipinski definition) is 3. The Kier molecular flexibility index (Phi) is 3.77.